The third-order valence-electron chi connectivity index (χ3n) is 5.03. The molecule has 1 saturated carbocycles. The van der Waals surface area contributed by atoms with Gasteiger partial charge in [-0.1, -0.05) is 26.7 Å². The highest BCUT2D eigenvalue weighted by molar-refractivity contribution is 5.56. The lowest BCUT2D eigenvalue weighted by Crippen LogP contribution is -2.41. The average molecular weight is 326 g/mol. The number of nitrogens with one attached hydrogen (secondary N) is 1. The smallest absolute Gasteiger partial charge is 0.161 e. The summed E-state index contributed by atoms with van der Waals surface area (Å²) < 4.78 is 0. The van der Waals surface area contributed by atoms with Crippen LogP contribution < -0.4 is 5.32 Å². The number of hydrogen-bond donors (Lipinski definition) is 2. The molecule has 1 fully saturated rings. The van der Waals surface area contributed by atoms with Crippen molar-refractivity contribution in [3.05, 3.63) is 36.3 Å². The zero-order valence-electron chi connectivity index (χ0n) is 14.5. The maximum Gasteiger partial charge on any atom is 0.161 e. The summed E-state index contributed by atoms with van der Waals surface area (Å²) >= 11 is 0. The summed E-state index contributed by atoms with van der Waals surface area (Å²) in [5, 5.41) is 13.8. The van der Waals surface area contributed by atoms with Gasteiger partial charge in [-0.05, 0) is 31.4 Å². The molecule has 5 nitrogen and oxygen atoms in total. The third-order valence-corrected chi connectivity index (χ3v) is 5.03. The molecule has 24 heavy (non-hydrogen) atoms. The fourth-order valence-corrected chi connectivity index (χ4v) is 3.28. The maximum atomic E-state index is 10.4. The van der Waals surface area contributed by atoms with Crippen LogP contribution in [0.15, 0.2) is 30.6 Å². The molecule has 0 bridgehead atoms. The number of rotatable bonds is 5. The normalized spacial score (nSPS) is 23.9. The summed E-state index contributed by atoms with van der Waals surface area (Å²) in [4.78, 5) is 13.3. The highest BCUT2D eigenvalue weighted by Crippen LogP contribution is 2.36. The van der Waals surface area contributed by atoms with Gasteiger partial charge in [-0.2, -0.15) is 0 Å². The van der Waals surface area contributed by atoms with Crippen LogP contribution in [-0.4, -0.2) is 32.7 Å². The van der Waals surface area contributed by atoms with Gasteiger partial charge in [0.25, 0.3) is 0 Å². The second kappa shape index (κ2) is 7.26. The summed E-state index contributed by atoms with van der Waals surface area (Å²) in [6.45, 7) is 4.98. The monoisotopic (exact) mass is 326 g/mol. The van der Waals surface area contributed by atoms with Crippen molar-refractivity contribution in [3.63, 3.8) is 0 Å². The maximum absolute atomic E-state index is 10.4. The Morgan fingerprint density at radius 2 is 2.04 bits per heavy atom. The number of hydrogen-bond acceptors (Lipinski definition) is 5. The first-order valence-corrected chi connectivity index (χ1v) is 8.81. The van der Waals surface area contributed by atoms with Crippen LogP contribution in [0.3, 0.4) is 0 Å². The molecule has 2 heterocycles. The first kappa shape index (κ1) is 16.8. The summed E-state index contributed by atoms with van der Waals surface area (Å²) in [6, 6.07) is 5.85. The van der Waals surface area contributed by atoms with E-state index < -0.39 is 0 Å². The number of aliphatic hydroxyl groups excluding tert-OH is 1. The van der Waals surface area contributed by atoms with E-state index in [0.717, 1.165) is 49.3 Å². The predicted octanol–water partition coefficient (Wildman–Crippen LogP) is 3.45. The van der Waals surface area contributed by atoms with E-state index in [1.54, 1.807) is 12.4 Å². The number of aromatic nitrogens is 3. The molecule has 0 spiro atoms. The summed E-state index contributed by atoms with van der Waals surface area (Å²) in [7, 11) is 0. The lowest BCUT2D eigenvalue weighted by molar-refractivity contribution is 0.00958. The number of aliphatic hydroxyl groups is 1. The Balaban J connectivity index is 1.80. The summed E-state index contributed by atoms with van der Waals surface area (Å²) in [5.41, 5.74) is 1.88. The highest BCUT2D eigenvalue weighted by Gasteiger charge is 2.35. The first-order valence-electron chi connectivity index (χ1n) is 8.81. The van der Waals surface area contributed by atoms with Gasteiger partial charge < -0.3 is 10.4 Å². The average Bonchev–Trinajstić information content (AvgIpc) is 2.63. The molecular weight excluding hydrogens is 300 g/mol. The van der Waals surface area contributed by atoms with Gasteiger partial charge in [0, 0.05) is 41.7 Å². The van der Waals surface area contributed by atoms with Gasteiger partial charge in [0.1, 0.15) is 5.82 Å². The van der Waals surface area contributed by atoms with Gasteiger partial charge in [-0.15, -0.1) is 0 Å². The number of aryl methyl sites for hydroxylation is 1. The molecular formula is C19H26N4O. The van der Waals surface area contributed by atoms with Gasteiger partial charge in [-0.3, -0.25) is 4.98 Å². The molecule has 1 aliphatic carbocycles. The molecule has 128 valence electrons. The van der Waals surface area contributed by atoms with E-state index in [9.17, 15) is 5.11 Å². The van der Waals surface area contributed by atoms with E-state index >= 15 is 0 Å². The second-order valence-corrected chi connectivity index (χ2v) is 6.93. The van der Waals surface area contributed by atoms with E-state index in [1.807, 2.05) is 18.2 Å². The van der Waals surface area contributed by atoms with Gasteiger partial charge in [0.05, 0.1) is 6.10 Å². The van der Waals surface area contributed by atoms with E-state index in [-0.39, 0.29) is 11.5 Å². The minimum Gasteiger partial charge on any atom is -0.392 e. The van der Waals surface area contributed by atoms with Crippen molar-refractivity contribution in [2.75, 3.05) is 11.9 Å². The number of nitrogens with zero attached hydrogens (tertiary/aromatic N) is 3. The van der Waals surface area contributed by atoms with Gasteiger partial charge in [0.15, 0.2) is 5.82 Å². The Kier molecular flexibility index (Phi) is 5.09. The molecule has 0 aromatic carbocycles. The van der Waals surface area contributed by atoms with Gasteiger partial charge in [-0.25, -0.2) is 9.97 Å². The molecule has 0 saturated heterocycles. The molecule has 2 aromatic rings. The molecule has 1 aliphatic rings. The Morgan fingerprint density at radius 3 is 2.75 bits per heavy atom. The van der Waals surface area contributed by atoms with Crippen molar-refractivity contribution in [2.24, 2.45) is 5.41 Å². The molecule has 0 aliphatic heterocycles. The van der Waals surface area contributed by atoms with Crippen LogP contribution in [0.25, 0.3) is 11.4 Å². The minimum absolute atomic E-state index is 0.0909. The fourth-order valence-electron chi connectivity index (χ4n) is 3.28. The Morgan fingerprint density at radius 1 is 1.25 bits per heavy atom. The van der Waals surface area contributed by atoms with Crippen molar-refractivity contribution < 1.29 is 5.11 Å². The van der Waals surface area contributed by atoms with Gasteiger partial charge in [0.2, 0.25) is 0 Å². The largest absolute Gasteiger partial charge is 0.392 e. The molecule has 0 radical (unpaired) electrons. The Labute approximate surface area is 143 Å². The van der Waals surface area contributed by atoms with Crippen LogP contribution in [-0.2, 0) is 6.42 Å². The quantitative estimate of drug-likeness (QED) is 0.880. The lowest BCUT2D eigenvalue weighted by Gasteiger charge is -2.38. The van der Waals surface area contributed by atoms with Crippen molar-refractivity contribution in [1.29, 1.82) is 0 Å². The zero-order chi connectivity index (χ0) is 17.0. The first-order chi connectivity index (χ1) is 11.6. The van der Waals surface area contributed by atoms with Crippen molar-refractivity contribution in [2.45, 2.75) is 52.1 Å². The summed E-state index contributed by atoms with van der Waals surface area (Å²) in [5.74, 6) is 1.54. The second-order valence-electron chi connectivity index (χ2n) is 6.93. The summed E-state index contributed by atoms with van der Waals surface area (Å²) in [6.07, 6.45) is 8.36. The SMILES string of the molecule is CCc1cc(NCC2(C)CCCCC2O)nc(-c2ccncc2)n1. The van der Waals surface area contributed by atoms with Crippen molar-refractivity contribution in [1.82, 2.24) is 15.0 Å². The molecule has 2 aromatic heterocycles. The molecule has 2 N–H and O–H groups in total. The highest BCUT2D eigenvalue weighted by atomic mass is 16.3. The molecule has 5 heteroatoms. The minimum atomic E-state index is -0.245. The van der Waals surface area contributed by atoms with Crippen molar-refractivity contribution >= 4 is 5.82 Å². The topological polar surface area (TPSA) is 70.9 Å². The Bertz CT molecular complexity index is 676. The number of pyridine rings is 1. The van der Waals surface area contributed by atoms with E-state index in [4.69, 9.17) is 0 Å². The Hall–Kier alpha value is -2.01. The van der Waals surface area contributed by atoms with E-state index in [0.29, 0.717) is 5.82 Å². The standard InChI is InChI=1S/C19H26N4O/c1-3-15-12-17(21-13-19(2)9-5-4-6-16(19)24)23-18(22-15)14-7-10-20-11-8-14/h7-8,10-12,16,24H,3-6,9,13H2,1-2H3,(H,21,22,23). The molecule has 3 rings (SSSR count). The fraction of sp³-hybridized carbons (Fsp3) is 0.526. The predicted molar refractivity (Wildman–Crippen MR) is 95.7 cm³/mol. The van der Waals surface area contributed by atoms with Crippen molar-refractivity contribution in [3.8, 4) is 11.4 Å². The van der Waals surface area contributed by atoms with E-state index in [1.165, 1.54) is 6.42 Å². The third kappa shape index (κ3) is 3.73. The molecule has 2 atom stereocenters. The van der Waals surface area contributed by atoms with Crippen LogP contribution in [0.1, 0.15) is 45.2 Å². The zero-order valence-corrected chi connectivity index (χ0v) is 14.5. The van der Waals surface area contributed by atoms with Crippen LogP contribution in [0, 0.1) is 5.41 Å². The van der Waals surface area contributed by atoms with Crippen LogP contribution in [0.4, 0.5) is 5.82 Å². The molecule has 2 unspecified atom stereocenters. The van der Waals surface area contributed by atoms with Gasteiger partial charge >= 0.3 is 0 Å². The van der Waals surface area contributed by atoms with Crippen LogP contribution in [0.2, 0.25) is 0 Å². The molecule has 0 amide bonds. The van der Waals surface area contributed by atoms with E-state index in [2.05, 4.69) is 34.1 Å². The lowest BCUT2D eigenvalue weighted by atomic mass is 9.73. The van der Waals surface area contributed by atoms with Crippen LogP contribution >= 0.6 is 0 Å². The number of anilines is 1. The van der Waals surface area contributed by atoms with Crippen LogP contribution in [0.5, 0.6) is 0 Å².